The van der Waals surface area contributed by atoms with Crippen LogP contribution in [0.4, 0.5) is 0 Å². The molecule has 0 bridgehead atoms. The Bertz CT molecular complexity index is 1190. The maximum absolute atomic E-state index is 12.9. The molecule has 0 aliphatic heterocycles. The highest BCUT2D eigenvalue weighted by Gasteiger charge is 2.16. The average molecular weight is 385 g/mol. The van der Waals surface area contributed by atoms with E-state index in [1.165, 1.54) is 0 Å². The van der Waals surface area contributed by atoms with Crippen LogP contribution >= 0.6 is 23.1 Å². The Balaban J connectivity index is 1.72. The third-order valence-corrected chi connectivity index (χ3v) is 6.76. The van der Waals surface area contributed by atoms with Crippen LogP contribution in [0.3, 0.4) is 0 Å². The third kappa shape index (κ3) is 2.75. The van der Waals surface area contributed by atoms with Crippen molar-refractivity contribution in [2.75, 3.05) is 0 Å². The number of aromatic nitrogens is 4. The van der Waals surface area contributed by atoms with E-state index in [2.05, 4.69) is 13.0 Å². The molecule has 4 heterocycles. The van der Waals surface area contributed by atoms with E-state index >= 15 is 0 Å². The minimum atomic E-state index is 0.0627. The molecule has 0 aliphatic carbocycles. The summed E-state index contributed by atoms with van der Waals surface area (Å²) in [5.74, 6) is 0.683. The van der Waals surface area contributed by atoms with Gasteiger partial charge in [-0.1, -0.05) is 17.8 Å². The van der Waals surface area contributed by atoms with Gasteiger partial charge in [-0.05, 0) is 44.9 Å². The first-order valence-corrected chi connectivity index (χ1v) is 10.4. The largest absolute Gasteiger partial charge is 0.307 e. The van der Waals surface area contributed by atoms with Crippen LogP contribution in [0.15, 0.2) is 34.5 Å². The highest BCUT2D eigenvalue weighted by molar-refractivity contribution is 7.98. The van der Waals surface area contributed by atoms with Crippen LogP contribution in [0.5, 0.6) is 0 Å². The molecule has 134 valence electrons. The summed E-state index contributed by atoms with van der Waals surface area (Å²) in [4.78, 5) is 24.4. The molecule has 0 amide bonds. The number of hydrogen-bond acceptors (Lipinski definition) is 5. The highest BCUT2D eigenvalue weighted by Crippen LogP contribution is 2.29. The Morgan fingerprint density at radius 2 is 2.04 bits per heavy atom. The molecule has 26 heavy (non-hydrogen) atoms. The smallest absolute Gasteiger partial charge is 0.263 e. The van der Waals surface area contributed by atoms with Crippen molar-refractivity contribution in [2.24, 2.45) is 0 Å². The van der Waals surface area contributed by atoms with Gasteiger partial charge in [0.1, 0.15) is 10.5 Å². The van der Waals surface area contributed by atoms with Gasteiger partial charge in [-0.25, -0.2) is 9.97 Å². The molecule has 0 N–H and O–H groups in total. The molecule has 4 aromatic heterocycles. The minimum absolute atomic E-state index is 0.0627. The molecule has 0 aliphatic rings. The quantitative estimate of drug-likeness (QED) is 0.388. The van der Waals surface area contributed by atoms with Crippen molar-refractivity contribution in [3.05, 3.63) is 56.6 Å². The Morgan fingerprint density at radius 1 is 1.23 bits per heavy atom. The van der Waals surface area contributed by atoms with Crippen LogP contribution in [-0.2, 0) is 12.3 Å². The van der Waals surface area contributed by atoms with Crippen molar-refractivity contribution in [1.82, 2.24) is 18.9 Å². The highest BCUT2D eigenvalue weighted by atomic mass is 32.2. The molecule has 0 atom stereocenters. The molecule has 0 fully saturated rings. The minimum Gasteiger partial charge on any atom is -0.307 e. The van der Waals surface area contributed by atoms with Crippen LogP contribution in [0.25, 0.3) is 15.9 Å². The molecule has 0 aromatic carbocycles. The lowest BCUT2D eigenvalue weighted by molar-refractivity contribution is 0.635. The van der Waals surface area contributed by atoms with Crippen molar-refractivity contribution >= 4 is 39.0 Å². The second kappa shape index (κ2) is 6.55. The normalized spacial score (nSPS) is 11.7. The van der Waals surface area contributed by atoms with Gasteiger partial charge in [0.05, 0.1) is 11.1 Å². The molecule has 0 spiro atoms. The van der Waals surface area contributed by atoms with E-state index in [4.69, 9.17) is 9.97 Å². The van der Waals surface area contributed by atoms with Crippen molar-refractivity contribution < 1.29 is 0 Å². The van der Waals surface area contributed by atoms with Gasteiger partial charge in [-0.15, -0.1) is 11.3 Å². The summed E-state index contributed by atoms with van der Waals surface area (Å²) in [5, 5.41) is 1.53. The SMILES string of the molecule is CCn1c(SCc2cn3cccc(C)c3n2)nc2sc(C)c(C)c2c1=O. The molecule has 4 aromatic rings. The van der Waals surface area contributed by atoms with Gasteiger partial charge >= 0.3 is 0 Å². The molecule has 0 radical (unpaired) electrons. The van der Waals surface area contributed by atoms with Gasteiger partial charge in [0.25, 0.3) is 5.56 Å². The number of fused-ring (bicyclic) bond motifs is 2. The predicted octanol–water partition coefficient (Wildman–Crippen LogP) is 4.34. The lowest BCUT2D eigenvalue weighted by Gasteiger charge is -2.09. The second-order valence-corrected chi connectivity index (χ2v) is 8.50. The molecule has 0 saturated carbocycles. The van der Waals surface area contributed by atoms with Gasteiger partial charge in [-0.2, -0.15) is 0 Å². The maximum atomic E-state index is 12.9. The van der Waals surface area contributed by atoms with Crippen LogP contribution in [-0.4, -0.2) is 18.9 Å². The predicted molar refractivity (Wildman–Crippen MR) is 109 cm³/mol. The molecule has 0 saturated heterocycles. The second-order valence-electron chi connectivity index (χ2n) is 6.35. The van der Waals surface area contributed by atoms with Crippen LogP contribution in [0.1, 0.15) is 28.6 Å². The molecular weight excluding hydrogens is 364 g/mol. The monoisotopic (exact) mass is 384 g/mol. The molecule has 5 nitrogen and oxygen atoms in total. The zero-order chi connectivity index (χ0) is 18.4. The summed E-state index contributed by atoms with van der Waals surface area (Å²) < 4.78 is 3.81. The van der Waals surface area contributed by atoms with E-state index in [0.717, 1.165) is 42.7 Å². The number of rotatable bonds is 4. The van der Waals surface area contributed by atoms with E-state index in [1.807, 2.05) is 43.6 Å². The Hall–Kier alpha value is -2.12. The standard InChI is InChI=1S/C19H20N4OS2/c1-5-23-18(24)15-12(3)13(4)26-17(15)21-19(23)25-10-14-9-22-8-6-7-11(2)16(22)20-14/h6-9H,5,10H2,1-4H3. The van der Waals surface area contributed by atoms with E-state index < -0.39 is 0 Å². The summed E-state index contributed by atoms with van der Waals surface area (Å²) in [6, 6.07) is 4.08. The van der Waals surface area contributed by atoms with Gasteiger partial charge in [0, 0.05) is 29.6 Å². The van der Waals surface area contributed by atoms with Crippen LogP contribution in [0.2, 0.25) is 0 Å². The molecule has 4 rings (SSSR count). The topological polar surface area (TPSA) is 52.2 Å². The van der Waals surface area contributed by atoms with E-state index in [1.54, 1.807) is 27.7 Å². The Morgan fingerprint density at radius 3 is 2.77 bits per heavy atom. The van der Waals surface area contributed by atoms with Crippen molar-refractivity contribution in [3.63, 3.8) is 0 Å². The zero-order valence-corrected chi connectivity index (χ0v) is 16.9. The number of imidazole rings is 1. The Labute approximate surface area is 159 Å². The van der Waals surface area contributed by atoms with Gasteiger partial charge in [-0.3, -0.25) is 9.36 Å². The number of thiophene rings is 1. The van der Waals surface area contributed by atoms with Crippen molar-refractivity contribution in [1.29, 1.82) is 0 Å². The lowest BCUT2D eigenvalue weighted by Crippen LogP contribution is -2.22. The first-order valence-electron chi connectivity index (χ1n) is 8.56. The maximum Gasteiger partial charge on any atom is 0.263 e. The lowest BCUT2D eigenvalue weighted by atomic mass is 10.2. The zero-order valence-electron chi connectivity index (χ0n) is 15.2. The van der Waals surface area contributed by atoms with E-state index in [9.17, 15) is 4.79 Å². The fraction of sp³-hybridized carbons (Fsp3) is 0.316. The number of hydrogen-bond donors (Lipinski definition) is 0. The molecule has 0 unspecified atom stereocenters. The van der Waals surface area contributed by atoms with Crippen molar-refractivity contribution in [3.8, 4) is 0 Å². The van der Waals surface area contributed by atoms with Crippen LogP contribution < -0.4 is 5.56 Å². The number of pyridine rings is 1. The summed E-state index contributed by atoms with van der Waals surface area (Å²) in [5.41, 5.74) is 4.23. The molecular formula is C19H20N4OS2. The van der Waals surface area contributed by atoms with Gasteiger partial charge in [0.15, 0.2) is 5.16 Å². The fourth-order valence-corrected chi connectivity index (χ4v) is 5.13. The summed E-state index contributed by atoms with van der Waals surface area (Å²) in [6.07, 6.45) is 4.05. The molecule has 7 heteroatoms. The van der Waals surface area contributed by atoms with Gasteiger partial charge < -0.3 is 4.40 Å². The third-order valence-electron chi connectivity index (χ3n) is 4.65. The van der Waals surface area contributed by atoms with E-state index in [-0.39, 0.29) is 5.56 Å². The van der Waals surface area contributed by atoms with Crippen molar-refractivity contribution in [2.45, 2.75) is 45.1 Å². The number of aryl methyl sites for hydroxylation is 3. The number of thioether (sulfide) groups is 1. The van der Waals surface area contributed by atoms with Gasteiger partial charge in [0.2, 0.25) is 0 Å². The summed E-state index contributed by atoms with van der Waals surface area (Å²) in [7, 11) is 0. The van der Waals surface area contributed by atoms with Crippen LogP contribution in [0, 0.1) is 20.8 Å². The Kier molecular flexibility index (Phi) is 4.36. The summed E-state index contributed by atoms with van der Waals surface area (Å²) >= 11 is 3.17. The summed E-state index contributed by atoms with van der Waals surface area (Å²) in [6.45, 7) is 8.71. The van der Waals surface area contributed by atoms with E-state index in [0.29, 0.717) is 12.3 Å². The fourth-order valence-electron chi connectivity index (χ4n) is 3.11. The average Bonchev–Trinajstić information content (AvgIpc) is 3.15. The number of nitrogens with zero attached hydrogens (tertiary/aromatic N) is 4. The first kappa shape index (κ1) is 17.3. The first-order chi connectivity index (χ1) is 12.5.